The molecule has 35 heavy (non-hydrogen) atoms. The molecule has 2 aliphatic rings. The predicted octanol–water partition coefficient (Wildman–Crippen LogP) is 6.00. The monoisotopic (exact) mass is 522 g/mol. The van der Waals surface area contributed by atoms with E-state index in [1.165, 1.54) is 17.5 Å². The average molecular weight is 523 g/mol. The second kappa shape index (κ2) is 9.97. The normalized spacial score (nSPS) is 17.1. The Hall–Kier alpha value is -2.93. The van der Waals surface area contributed by atoms with Crippen LogP contribution >= 0.6 is 35.4 Å². The summed E-state index contributed by atoms with van der Waals surface area (Å²) in [5, 5.41) is 7.84. The zero-order valence-corrected chi connectivity index (χ0v) is 21.5. The van der Waals surface area contributed by atoms with Crippen molar-refractivity contribution in [1.29, 1.82) is 0 Å². The Morgan fingerprint density at radius 3 is 2.66 bits per heavy atom. The fraction of sp³-hybridized carbons (Fsp3) is 0.222. The Kier molecular flexibility index (Phi) is 6.78. The molecule has 1 aliphatic heterocycles. The first-order valence-corrected chi connectivity index (χ1v) is 12.7. The van der Waals surface area contributed by atoms with Crippen LogP contribution in [0.15, 0.2) is 65.7 Å². The van der Waals surface area contributed by atoms with Gasteiger partial charge >= 0.3 is 0 Å². The summed E-state index contributed by atoms with van der Waals surface area (Å²) in [4.78, 5) is 19.9. The molecule has 178 valence electrons. The van der Waals surface area contributed by atoms with Crippen LogP contribution in [0.1, 0.15) is 35.1 Å². The van der Waals surface area contributed by atoms with E-state index < -0.39 is 6.17 Å². The molecule has 1 aliphatic carbocycles. The molecule has 0 fully saturated rings. The number of carbonyl (C=O) groups excluding carboxylic acids is 1. The van der Waals surface area contributed by atoms with Gasteiger partial charge in [0.05, 0.1) is 11.4 Å². The summed E-state index contributed by atoms with van der Waals surface area (Å²) in [5.41, 5.74) is 6.31. The number of benzene rings is 3. The quantitative estimate of drug-likeness (QED) is 0.414. The van der Waals surface area contributed by atoms with Crippen LogP contribution < -0.4 is 15.5 Å². The van der Waals surface area contributed by atoms with Crippen molar-refractivity contribution in [1.82, 2.24) is 5.32 Å². The van der Waals surface area contributed by atoms with Gasteiger partial charge in [0.2, 0.25) is 6.17 Å². The first-order chi connectivity index (χ1) is 16.9. The smallest absolute Gasteiger partial charge is 0.272 e. The predicted molar refractivity (Wildman–Crippen MR) is 148 cm³/mol. The Morgan fingerprint density at radius 1 is 1.03 bits per heavy atom. The summed E-state index contributed by atoms with van der Waals surface area (Å²) >= 11 is 18.5. The van der Waals surface area contributed by atoms with Crippen LogP contribution in [0.4, 0.5) is 11.4 Å². The summed E-state index contributed by atoms with van der Waals surface area (Å²) in [6.07, 6.45) is 3.49. The minimum absolute atomic E-state index is 0.241. The van der Waals surface area contributed by atoms with Gasteiger partial charge in [-0.15, -0.1) is 0 Å². The Morgan fingerprint density at radius 2 is 1.83 bits per heavy atom. The van der Waals surface area contributed by atoms with Gasteiger partial charge in [-0.3, -0.25) is 4.79 Å². The number of nitrogens with one attached hydrogen (secondary N) is 2. The second-order valence-electron chi connectivity index (χ2n) is 8.67. The number of rotatable bonds is 3. The number of carbonyl (C=O) groups is 1. The fourth-order valence-electron chi connectivity index (χ4n) is 4.69. The van der Waals surface area contributed by atoms with E-state index in [-0.39, 0.29) is 5.91 Å². The molecule has 0 spiro atoms. The number of nitrogens with zero attached hydrogens (tertiary/aromatic N) is 2. The van der Waals surface area contributed by atoms with Crippen LogP contribution in [0, 0.1) is 0 Å². The fourth-order valence-corrected chi connectivity index (χ4v) is 5.31. The number of halogens is 2. The maximum atomic E-state index is 13.5. The number of aliphatic imine (C=N–C) groups is 1. The van der Waals surface area contributed by atoms with Crippen LogP contribution in [0.25, 0.3) is 0 Å². The van der Waals surface area contributed by atoms with Crippen molar-refractivity contribution in [2.45, 2.75) is 31.8 Å². The van der Waals surface area contributed by atoms with Crippen LogP contribution in [0.2, 0.25) is 10.0 Å². The molecule has 0 bridgehead atoms. The van der Waals surface area contributed by atoms with Gasteiger partial charge in [0.1, 0.15) is 0 Å². The van der Waals surface area contributed by atoms with E-state index in [1.54, 1.807) is 30.1 Å². The summed E-state index contributed by atoms with van der Waals surface area (Å²) in [6, 6.07) is 19.0. The highest BCUT2D eigenvalue weighted by Crippen LogP contribution is 2.32. The number of anilines is 2. The molecule has 3 aromatic rings. The highest BCUT2D eigenvalue weighted by molar-refractivity contribution is 7.80. The van der Waals surface area contributed by atoms with E-state index in [4.69, 9.17) is 40.4 Å². The molecule has 0 saturated heterocycles. The molecule has 1 heterocycles. The zero-order valence-electron chi connectivity index (χ0n) is 19.1. The van der Waals surface area contributed by atoms with Crippen molar-refractivity contribution in [2.24, 2.45) is 4.99 Å². The molecule has 3 aromatic carbocycles. The third kappa shape index (κ3) is 4.79. The van der Waals surface area contributed by atoms with Gasteiger partial charge in [0.25, 0.3) is 5.91 Å². The first kappa shape index (κ1) is 23.8. The van der Waals surface area contributed by atoms with E-state index >= 15 is 0 Å². The number of amides is 1. The molecule has 2 N–H and O–H groups in total. The van der Waals surface area contributed by atoms with E-state index in [0.717, 1.165) is 30.5 Å². The highest BCUT2D eigenvalue weighted by Gasteiger charge is 2.31. The number of hydrogen-bond acceptors (Lipinski definition) is 3. The molecule has 0 saturated carbocycles. The average Bonchev–Trinajstić information content (AvgIpc) is 2.95. The molecular weight excluding hydrogens is 499 g/mol. The number of fused-ring (bicyclic) bond motifs is 2. The lowest BCUT2D eigenvalue weighted by atomic mass is 9.90. The molecule has 1 unspecified atom stereocenters. The second-order valence-corrected chi connectivity index (χ2v) is 9.92. The maximum Gasteiger partial charge on any atom is 0.272 e. The molecule has 5 rings (SSSR count). The summed E-state index contributed by atoms with van der Waals surface area (Å²) < 4.78 is 0. The Bertz CT molecular complexity index is 1360. The number of benzodiazepines with no additional fused rings is 1. The van der Waals surface area contributed by atoms with Gasteiger partial charge < -0.3 is 15.5 Å². The summed E-state index contributed by atoms with van der Waals surface area (Å²) in [6.45, 7) is 0. The molecular formula is C27H24Cl2N4OS. The summed E-state index contributed by atoms with van der Waals surface area (Å²) in [7, 11) is 1.72. The van der Waals surface area contributed by atoms with Crippen LogP contribution in [-0.2, 0) is 17.6 Å². The van der Waals surface area contributed by atoms with Crippen LogP contribution in [0.3, 0.4) is 0 Å². The van der Waals surface area contributed by atoms with Gasteiger partial charge in [0, 0.05) is 33.9 Å². The van der Waals surface area contributed by atoms with Gasteiger partial charge in [0.15, 0.2) is 5.11 Å². The molecule has 1 amide bonds. The third-order valence-corrected chi connectivity index (χ3v) is 7.22. The van der Waals surface area contributed by atoms with Gasteiger partial charge in [-0.2, -0.15) is 0 Å². The van der Waals surface area contributed by atoms with E-state index in [0.29, 0.717) is 32.1 Å². The molecule has 0 radical (unpaired) electrons. The van der Waals surface area contributed by atoms with E-state index in [1.807, 2.05) is 36.4 Å². The van der Waals surface area contributed by atoms with Crippen molar-refractivity contribution in [2.75, 3.05) is 17.3 Å². The zero-order chi connectivity index (χ0) is 24.5. The topological polar surface area (TPSA) is 56.7 Å². The van der Waals surface area contributed by atoms with Crippen molar-refractivity contribution >= 4 is 63.5 Å². The van der Waals surface area contributed by atoms with Crippen molar-refractivity contribution in [3.05, 3.63) is 93.0 Å². The molecule has 5 nitrogen and oxygen atoms in total. The van der Waals surface area contributed by atoms with Gasteiger partial charge in [-0.05, 0) is 79.4 Å². The standard InChI is InChI=1S/C27H24Cl2N4OS/c1-33-23-14-13-17(28)15-20(23)24(19-10-4-5-11-21(19)29)31-25(26(33)34)32-27(35)30-22-12-6-8-16-7-2-3-9-18(16)22/h4-6,8,10-15,25H,2-3,7,9H2,1H3,(H2,30,32,35). The van der Waals surface area contributed by atoms with Crippen molar-refractivity contribution < 1.29 is 4.79 Å². The van der Waals surface area contributed by atoms with E-state index in [9.17, 15) is 4.79 Å². The maximum absolute atomic E-state index is 13.5. The van der Waals surface area contributed by atoms with Gasteiger partial charge in [-0.25, -0.2) is 4.99 Å². The minimum atomic E-state index is -0.947. The molecule has 1 atom stereocenters. The molecule has 8 heteroatoms. The number of thiocarbonyl (C=S) groups is 1. The largest absolute Gasteiger partial charge is 0.333 e. The lowest BCUT2D eigenvalue weighted by Crippen LogP contribution is -2.47. The molecule has 0 aromatic heterocycles. The first-order valence-electron chi connectivity index (χ1n) is 11.5. The number of aryl methyl sites for hydroxylation is 1. The Labute approximate surface area is 220 Å². The number of hydrogen-bond donors (Lipinski definition) is 2. The van der Waals surface area contributed by atoms with Crippen molar-refractivity contribution in [3.63, 3.8) is 0 Å². The van der Waals surface area contributed by atoms with Crippen LogP contribution in [-0.4, -0.2) is 29.9 Å². The Balaban J connectivity index is 1.51. The summed E-state index contributed by atoms with van der Waals surface area (Å²) in [5.74, 6) is -0.241. The SMILES string of the molecule is CN1C(=O)C(NC(=S)Nc2cccc3c2CCCC3)N=C(c2ccccc2Cl)c2cc(Cl)ccc21. The lowest BCUT2D eigenvalue weighted by Gasteiger charge is -2.23. The lowest BCUT2D eigenvalue weighted by molar-refractivity contribution is -0.119. The van der Waals surface area contributed by atoms with Crippen molar-refractivity contribution in [3.8, 4) is 0 Å². The third-order valence-electron chi connectivity index (χ3n) is 6.44. The van der Waals surface area contributed by atoms with Crippen LogP contribution in [0.5, 0.6) is 0 Å². The van der Waals surface area contributed by atoms with E-state index in [2.05, 4.69) is 16.7 Å². The van der Waals surface area contributed by atoms with Gasteiger partial charge in [-0.1, -0.05) is 53.5 Å². The minimum Gasteiger partial charge on any atom is -0.333 e. The highest BCUT2D eigenvalue weighted by atomic mass is 35.5. The number of likely N-dealkylation sites (N-methyl/N-ethyl adjacent to an activating group) is 1.